The highest BCUT2D eigenvalue weighted by Crippen LogP contribution is 2.54. The summed E-state index contributed by atoms with van der Waals surface area (Å²) in [6, 6.07) is 21.5. The number of fused-ring (bicyclic) bond motifs is 1. The Morgan fingerprint density at radius 2 is 1.52 bits per heavy atom. The molecular formula is C27H34O5Si. The average Bonchev–Trinajstić information content (AvgIpc) is 3.25. The molecule has 0 saturated carbocycles. The smallest absolute Gasteiger partial charge is 0.330 e. The molecule has 2 aromatic carbocycles. The molecule has 6 heteroatoms. The van der Waals surface area contributed by atoms with Crippen molar-refractivity contribution in [1.82, 2.24) is 0 Å². The van der Waals surface area contributed by atoms with E-state index >= 15 is 0 Å². The van der Waals surface area contributed by atoms with Crippen LogP contribution in [-0.4, -0.2) is 45.4 Å². The van der Waals surface area contributed by atoms with E-state index in [2.05, 4.69) is 81.4 Å². The fraction of sp³-hybridized carbons (Fsp3) is 0.444. The second-order valence-corrected chi connectivity index (χ2v) is 15.2. The molecule has 0 aromatic heterocycles. The Morgan fingerprint density at radius 3 is 2.00 bits per heavy atom. The number of rotatable bonds is 5. The molecule has 0 radical (unpaired) electrons. The number of benzene rings is 2. The van der Waals surface area contributed by atoms with E-state index in [-0.39, 0.29) is 22.8 Å². The Kier molecular flexibility index (Phi) is 6.40. The lowest BCUT2D eigenvalue weighted by Crippen LogP contribution is -2.70. The first kappa shape index (κ1) is 23.9. The number of carbonyl (C=O) groups excluding carboxylic acids is 1. The van der Waals surface area contributed by atoms with Crippen molar-refractivity contribution < 1.29 is 23.7 Å². The van der Waals surface area contributed by atoms with Crippen LogP contribution >= 0.6 is 0 Å². The lowest BCUT2D eigenvalue weighted by molar-refractivity contribution is -0.200. The van der Waals surface area contributed by atoms with Gasteiger partial charge >= 0.3 is 5.97 Å². The van der Waals surface area contributed by atoms with Gasteiger partial charge in [0, 0.05) is 11.6 Å². The summed E-state index contributed by atoms with van der Waals surface area (Å²) in [7, 11) is -1.26. The Balaban J connectivity index is 1.98. The maximum absolute atomic E-state index is 12.0. The number of carbonyl (C=O) groups is 1. The van der Waals surface area contributed by atoms with Gasteiger partial charge in [0.25, 0.3) is 0 Å². The van der Waals surface area contributed by atoms with Gasteiger partial charge in [0.2, 0.25) is 0 Å². The number of hydrogen-bond acceptors (Lipinski definition) is 5. The summed E-state index contributed by atoms with van der Waals surface area (Å²) in [4.78, 5) is 12.0. The number of ether oxygens (including phenoxy) is 4. The SMILES string of the molecule is COC(=O)/C=C/[C@H]1O[C@@H]2OC(C)(C)O[C@@H]2[C@H]1[Si](c1ccccc1)(c1ccccc1)C(C)(C)C. The van der Waals surface area contributed by atoms with Crippen LogP contribution in [0.1, 0.15) is 34.6 Å². The summed E-state index contributed by atoms with van der Waals surface area (Å²) in [5.74, 6) is -1.14. The average molecular weight is 467 g/mol. The van der Waals surface area contributed by atoms with Crippen LogP contribution in [0, 0.1) is 0 Å². The van der Waals surface area contributed by atoms with Crippen molar-refractivity contribution in [3.8, 4) is 0 Å². The van der Waals surface area contributed by atoms with Crippen LogP contribution in [0.25, 0.3) is 0 Å². The highest BCUT2D eigenvalue weighted by Gasteiger charge is 2.65. The molecule has 5 nitrogen and oxygen atoms in total. The fourth-order valence-electron chi connectivity index (χ4n) is 5.75. The van der Waals surface area contributed by atoms with Gasteiger partial charge in [0.15, 0.2) is 12.1 Å². The normalized spacial score (nSPS) is 27.0. The van der Waals surface area contributed by atoms with Crippen LogP contribution in [0.4, 0.5) is 0 Å². The minimum atomic E-state index is -2.64. The molecule has 2 fully saturated rings. The van der Waals surface area contributed by atoms with E-state index in [1.54, 1.807) is 0 Å². The molecule has 0 amide bonds. The molecule has 2 aromatic rings. The highest BCUT2D eigenvalue weighted by atomic mass is 28.3. The lowest BCUT2D eigenvalue weighted by atomic mass is 10.1. The van der Waals surface area contributed by atoms with Crippen molar-refractivity contribution in [3.05, 3.63) is 72.8 Å². The van der Waals surface area contributed by atoms with Gasteiger partial charge in [-0.05, 0) is 25.0 Å². The van der Waals surface area contributed by atoms with E-state index < -0.39 is 26.1 Å². The predicted octanol–water partition coefficient (Wildman–Crippen LogP) is 4.03. The molecule has 0 N–H and O–H groups in total. The van der Waals surface area contributed by atoms with Gasteiger partial charge in [0.1, 0.15) is 14.2 Å². The Morgan fingerprint density at radius 1 is 0.970 bits per heavy atom. The van der Waals surface area contributed by atoms with Gasteiger partial charge in [-0.15, -0.1) is 0 Å². The van der Waals surface area contributed by atoms with Crippen molar-refractivity contribution in [2.45, 2.75) is 69.5 Å². The quantitative estimate of drug-likeness (QED) is 0.378. The topological polar surface area (TPSA) is 54.0 Å². The van der Waals surface area contributed by atoms with Crippen LogP contribution in [0.3, 0.4) is 0 Å². The lowest BCUT2D eigenvalue weighted by Gasteiger charge is -2.50. The van der Waals surface area contributed by atoms with E-state index in [9.17, 15) is 4.79 Å². The Labute approximate surface area is 197 Å². The summed E-state index contributed by atoms with van der Waals surface area (Å²) >= 11 is 0. The van der Waals surface area contributed by atoms with Crippen molar-refractivity contribution >= 4 is 24.4 Å². The molecule has 4 atom stereocenters. The zero-order chi connectivity index (χ0) is 23.9. The van der Waals surface area contributed by atoms with Crippen LogP contribution in [-0.2, 0) is 23.7 Å². The van der Waals surface area contributed by atoms with Crippen molar-refractivity contribution in [3.63, 3.8) is 0 Å². The van der Waals surface area contributed by atoms with Crippen LogP contribution in [0.2, 0.25) is 10.6 Å². The summed E-state index contributed by atoms with van der Waals surface area (Å²) in [5.41, 5.74) is -0.0324. The molecule has 2 heterocycles. The predicted molar refractivity (Wildman–Crippen MR) is 131 cm³/mol. The molecule has 2 aliphatic rings. The van der Waals surface area contributed by atoms with Crippen LogP contribution in [0.15, 0.2) is 72.8 Å². The van der Waals surface area contributed by atoms with Crippen LogP contribution in [0.5, 0.6) is 0 Å². The van der Waals surface area contributed by atoms with Crippen molar-refractivity contribution in [1.29, 1.82) is 0 Å². The summed E-state index contributed by atoms with van der Waals surface area (Å²) < 4.78 is 24.0. The van der Waals surface area contributed by atoms with Crippen molar-refractivity contribution in [2.24, 2.45) is 0 Å². The molecule has 0 bridgehead atoms. The van der Waals surface area contributed by atoms with E-state index in [1.165, 1.54) is 23.6 Å². The third-order valence-corrected chi connectivity index (χ3v) is 13.4. The maximum Gasteiger partial charge on any atom is 0.330 e. The minimum Gasteiger partial charge on any atom is -0.466 e. The van der Waals surface area contributed by atoms with E-state index in [4.69, 9.17) is 18.9 Å². The van der Waals surface area contributed by atoms with E-state index in [1.807, 2.05) is 19.9 Å². The zero-order valence-corrected chi connectivity index (χ0v) is 21.3. The number of methoxy groups -OCH3 is 1. The van der Waals surface area contributed by atoms with Crippen molar-refractivity contribution in [2.75, 3.05) is 7.11 Å². The molecule has 33 heavy (non-hydrogen) atoms. The van der Waals surface area contributed by atoms with Gasteiger partial charge in [0.05, 0.1) is 13.2 Å². The van der Waals surface area contributed by atoms with Gasteiger partial charge in [-0.25, -0.2) is 4.79 Å². The first-order chi connectivity index (χ1) is 15.6. The van der Waals surface area contributed by atoms with Gasteiger partial charge in [-0.3, -0.25) is 0 Å². The van der Waals surface area contributed by atoms with Gasteiger partial charge in [-0.2, -0.15) is 0 Å². The molecule has 176 valence electrons. The second kappa shape index (κ2) is 8.84. The van der Waals surface area contributed by atoms with Gasteiger partial charge in [-0.1, -0.05) is 91.8 Å². The minimum absolute atomic E-state index is 0.0324. The Bertz CT molecular complexity index is 957. The summed E-state index contributed by atoms with van der Waals surface area (Å²) in [5, 5.41) is 2.51. The monoisotopic (exact) mass is 466 g/mol. The van der Waals surface area contributed by atoms with Gasteiger partial charge < -0.3 is 18.9 Å². The standard InChI is InChI=1S/C27H34O5Si/c1-26(2,3)33(19-13-9-7-10-14-19,20-15-11-8-12-16-20)24-21(17-18-22(28)29-6)30-25-23(24)31-27(4,5)32-25/h7-18,21,23-25H,1-6H3/b18-17+/t21-,23-,24+,25-/m1/s1. The number of hydrogen-bond donors (Lipinski definition) is 0. The molecule has 2 aliphatic heterocycles. The number of esters is 1. The maximum atomic E-state index is 12.0. The first-order valence-electron chi connectivity index (χ1n) is 11.5. The molecule has 4 rings (SSSR count). The molecular weight excluding hydrogens is 432 g/mol. The third-order valence-electron chi connectivity index (χ3n) is 6.85. The fourth-order valence-corrected chi connectivity index (χ4v) is 12.4. The first-order valence-corrected chi connectivity index (χ1v) is 13.6. The van der Waals surface area contributed by atoms with E-state index in [0.29, 0.717) is 0 Å². The molecule has 2 saturated heterocycles. The third kappa shape index (κ3) is 4.21. The summed E-state index contributed by atoms with van der Waals surface area (Å²) in [6.45, 7) is 10.8. The largest absolute Gasteiger partial charge is 0.466 e. The second-order valence-electron chi connectivity index (χ2n) is 10.3. The molecule has 0 aliphatic carbocycles. The molecule has 0 unspecified atom stereocenters. The van der Waals surface area contributed by atoms with Crippen LogP contribution < -0.4 is 10.4 Å². The van der Waals surface area contributed by atoms with E-state index in [0.717, 1.165) is 0 Å². The summed E-state index contributed by atoms with van der Waals surface area (Å²) in [6.07, 6.45) is 2.16. The highest BCUT2D eigenvalue weighted by molar-refractivity contribution is 7.05. The molecule has 0 spiro atoms. The Hall–Kier alpha value is -2.25. The zero-order valence-electron chi connectivity index (χ0n) is 20.3.